The first kappa shape index (κ1) is 14.5. The lowest BCUT2D eigenvalue weighted by Gasteiger charge is -2.33. The second-order valence-electron chi connectivity index (χ2n) is 5.53. The van der Waals surface area contributed by atoms with Crippen molar-refractivity contribution in [1.29, 1.82) is 0 Å². The van der Waals surface area contributed by atoms with Crippen molar-refractivity contribution in [1.82, 2.24) is 20.3 Å². The van der Waals surface area contributed by atoms with Gasteiger partial charge in [0.1, 0.15) is 0 Å². The second-order valence-corrected chi connectivity index (χ2v) is 5.53. The molecule has 0 radical (unpaired) electrons. The standard InChI is InChI=1S/C14H26N4O/c1-4-17-5-7-18(8-6-17)11-14-9-13(16-19-14)10-15-12(2)3/h9,12,15H,4-8,10-11H2,1-3H3. The minimum atomic E-state index is 0.474. The van der Waals surface area contributed by atoms with Crippen LogP contribution < -0.4 is 5.32 Å². The summed E-state index contributed by atoms with van der Waals surface area (Å²) in [6, 6.07) is 2.55. The van der Waals surface area contributed by atoms with Gasteiger partial charge in [0.05, 0.1) is 12.2 Å². The third kappa shape index (κ3) is 4.60. The smallest absolute Gasteiger partial charge is 0.151 e. The molecule has 5 heteroatoms. The highest BCUT2D eigenvalue weighted by molar-refractivity contribution is 5.05. The van der Waals surface area contributed by atoms with Crippen LogP contribution in [-0.4, -0.2) is 53.7 Å². The van der Waals surface area contributed by atoms with Gasteiger partial charge >= 0.3 is 0 Å². The molecule has 0 saturated carbocycles. The molecule has 2 rings (SSSR count). The summed E-state index contributed by atoms with van der Waals surface area (Å²) in [7, 11) is 0. The van der Waals surface area contributed by atoms with Crippen molar-refractivity contribution in [3.8, 4) is 0 Å². The zero-order valence-corrected chi connectivity index (χ0v) is 12.4. The van der Waals surface area contributed by atoms with Gasteiger partial charge in [0.25, 0.3) is 0 Å². The van der Waals surface area contributed by atoms with Gasteiger partial charge in [-0.15, -0.1) is 0 Å². The van der Waals surface area contributed by atoms with Crippen molar-refractivity contribution in [3.63, 3.8) is 0 Å². The van der Waals surface area contributed by atoms with E-state index in [4.69, 9.17) is 4.52 Å². The number of aromatic nitrogens is 1. The SMILES string of the molecule is CCN1CCN(Cc2cc(CNC(C)C)no2)CC1. The minimum absolute atomic E-state index is 0.474. The third-order valence-corrected chi connectivity index (χ3v) is 3.59. The molecule has 1 aliphatic heterocycles. The molecule has 108 valence electrons. The van der Waals surface area contributed by atoms with E-state index >= 15 is 0 Å². The predicted octanol–water partition coefficient (Wildman–Crippen LogP) is 1.31. The molecule has 0 atom stereocenters. The van der Waals surface area contributed by atoms with Gasteiger partial charge < -0.3 is 14.7 Å². The van der Waals surface area contributed by atoms with Gasteiger partial charge in [0.2, 0.25) is 0 Å². The molecule has 1 fully saturated rings. The molecule has 0 unspecified atom stereocenters. The lowest BCUT2D eigenvalue weighted by atomic mass is 10.3. The molecule has 1 aromatic rings. The van der Waals surface area contributed by atoms with E-state index in [9.17, 15) is 0 Å². The van der Waals surface area contributed by atoms with Crippen LogP contribution >= 0.6 is 0 Å². The predicted molar refractivity (Wildman–Crippen MR) is 75.9 cm³/mol. The summed E-state index contributed by atoms with van der Waals surface area (Å²) in [5.41, 5.74) is 0.996. The summed E-state index contributed by atoms with van der Waals surface area (Å²) in [5, 5.41) is 7.46. The highest BCUT2D eigenvalue weighted by atomic mass is 16.5. The number of nitrogens with one attached hydrogen (secondary N) is 1. The molecular formula is C14H26N4O. The van der Waals surface area contributed by atoms with E-state index in [0.717, 1.165) is 57.3 Å². The number of hydrogen-bond donors (Lipinski definition) is 1. The molecule has 2 heterocycles. The van der Waals surface area contributed by atoms with E-state index in [1.165, 1.54) is 0 Å². The van der Waals surface area contributed by atoms with Crippen molar-refractivity contribution in [2.75, 3.05) is 32.7 Å². The Hall–Kier alpha value is -0.910. The van der Waals surface area contributed by atoms with Crippen LogP contribution in [0.25, 0.3) is 0 Å². The van der Waals surface area contributed by atoms with Crippen molar-refractivity contribution in [3.05, 3.63) is 17.5 Å². The monoisotopic (exact) mass is 266 g/mol. The first-order valence-corrected chi connectivity index (χ1v) is 7.30. The Bertz CT molecular complexity index is 369. The average molecular weight is 266 g/mol. The Kier molecular flexibility index (Phi) is 5.36. The first-order chi connectivity index (χ1) is 9.17. The highest BCUT2D eigenvalue weighted by Gasteiger charge is 2.17. The van der Waals surface area contributed by atoms with E-state index < -0.39 is 0 Å². The summed E-state index contributed by atoms with van der Waals surface area (Å²) >= 11 is 0. The minimum Gasteiger partial charge on any atom is -0.360 e. The van der Waals surface area contributed by atoms with E-state index in [2.05, 4.69) is 47.1 Å². The molecule has 0 amide bonds. The Balaban J connectivity index is 1.77. The van der Waals surface area contributed by atoms with Gasteiger partial charge in [-0.1, -0.05) is 25.9 Å². The summed E-state index contributed by atoms with van der Waals surface area (Å²) in [6.45, 7) is 13.9. The molecule has 1 aliphatic rings. The number of rotatable bonds is 6. The molecular weight excluding hydrogens is 240 g/mol. The Morgan fingerprint density at radius 2 is 1.95 bits per heavy atom. The highest BCUT2D eigenvalue weighted by Crippen LogP contribution is 2.10. The molecule has 0 spiro atoms. The molecule has 5 nitrogen and oxygen atoms in total. The zero-order chi connectivity index (χ0) is 13.7. The number of hydrogen-bond acceptors (Lipinski definition) is 5. The maximum absolute atomic E-state index is 5.41. The fraction of sp³-hybridized carbons (Fsp3) is 0.786. The topological polar surface area (TPSA) is 44.5 Å². The second kappa shape index (κ2) is 7.03. The number of likely N-dealkylation sites (N-methyl/N-ethyl adjacent to an activating group) is 1. The van der Waals surface area contributed by atoms with Crippen LogP contribution in [0, 0.1) is 0 Å². The van der Waals surface area contributed by atoms with E-state index in [1.54, 1.807) is 0 Å². The van der Waals surface area contributed by atoms with Gasteiger partial charge in [0.15, 0.2) is 5.76 Å². The lowest BCUT2D eigenvalue weighted by molar-refractivity contribution is 0.122. The quantitative estimate of drug-likeness (QED) is 0.841. The number of piperazine rings is 1. The van der Waals surface area contributed by atoms with Crippen molar-refractivity contribution >= 4 is 0 Å². The Labute approximate surface area is 115 Å². The molecule has 0 aromatic carbocycles. The number of nitrogens with zero attached hydrogens (tertiary/aromatic N) is 3. The van der Waals surface area contributed by atoms with Crippen LogP contribution in [0.5, 0.6) is 0 Å². The Morgan fingerprint density at radius 3 is 2.58 bits per heavy atom. The van der Waals surface area contributed by atoms with Crippen LogP contribution in [0.4, 0.5) is 0 Å². The normalized spacial score (nSPS) is 18.3. The van der Waals surface area contributed by atoms with Crippen LogP contribution in [0.1, 0.15) is 32.2 Å². The largest absolute Gasteiger partial charge is 0.360 e. The van der Waals surface area contributed by atoms with Crippen LogP contribution in [0.3, 0.4) is 0 Å². The van der Waals surface area contributed by atoms with Gasteiger partial charge in [-0.25, -0.2) is 0 Å². The average Bonchev–Trinajstić information content (AvgIpc) is 2.85. The maximum Gasteiger partial charge on any atom is 0.151 e. The van der Waals surface area contributed by atoms with Crippen LogP contribution in [-0.2, 0) is 13.1 Å². The van der Waals surface area contributed by atoms with Gasteiger partial charge in [-0.3, -0.25) is 4.90 Å². The Morgan fingerprint density at radius 1 is 1.26 bits per heavy atom. The molecule has 19 heavy (non-hydrogen) atoms. The zero-order valence-electron chi connectivity index (χ0n) is 12.4. The molecule has 0 bridgehead atoms. The summed E-state index contributed by atoms with van der Waals surface area (Å²) in [6.07, 6.45) is 0. The maximum atomic E-state index is 5.41. The van der Waals surface area contributed by atoms with E-state index in [1.807, 2.05) is 0 Å². The van der Waals surface area contributed by atoms with Crippen LogP contribution in [0.2, 0.25) is 0 Å². The first-order valence-electron chi connectivity index (χ1n) is 7.30. The van der Waals surface area contributed by atoms with Gasteiger partial charge in [0, 0.05) is 44.8 Å². The molecule has 1 saturated heterocycles. The van der Waals surface area contributed by atoms with E-state index in [-0.39, 0.29) is 0 Å². The summed E-state index contributed by atoms with van der Waals surface area (Å²) < 4.78 is 5.41. The summed E-state index contributed by atoms with van der Waals surface area (Å²) in [5.74, 6) is 0.977. The molecule has 1 N–H and O–H groups in total. The third-order valence-electron chi connectivity index (χ3n) is 3.59. The summed E-state index contributed by atoms with van der Waals surface area (Å²) in [4.78, 5) is 4.92. The molecule has 1 aromatic heterocycles. The van der Waals surface area contributed by atoms with E-state index in [0.29, 0.717) is 6.04 Å². The van der Waals surface area contributed by atoms with Crippen LogP contribution in [0.15, 0.2) is 10.6 Å². The van der Waals surface area contributed by atoms with Gasteiger partial charge in [-0.05, 0) is 6.54 Å². The fourth-order valence-corrected chi connectivity index (χ4v) is 2.31. The van der Waals surface area contributed by atoms with Crippen molar-refractivity contribution in [2.24, 2.45) is 0 Å². The molecule has 0 aliphatic carbocycles. The van der Waals surface area contributed by atoms with Gasteiger partial charge in [-0.2, -0.15) is 0 Å². The fourth-order valence-electron chi connectivity index (χ4n) is 2.31. The van der Waals surface area contributed by atoms with Crippen molar-refractivity contribution < 1.29 is 4.52 Å². The lowest BCUT2D eigenvalue weighted by Crippen LogP contribution is -2.45. The van der Waals surface area contributed by atoms with Crippen molar-refractivity contribution in [2.45, 2.75) is 39.9 Å².